The Hall–Kier alpha value is -1.69. The number of nitrogens with one attached hydrogen (secondary N) is 1. The molecule has 1 unspecified atom stereocenters. The lowest BCUT2D eigenvalue weighted by molar-refractivity contribution is 0.358. The van der Waals surface area contributed by atoms with Crippen molar-refractivity contribution >= 4 is 0 Å². The Balaban J connectivity index is 1.73. The van der Waals surface area contributed by atoms with Gasteiger partial charge in [-0.15, -0.1) is 0 Å². The zero-order chi connectivity index (χ0) is 11.7. The van der Waals surface area contributed by atoms with Crippen molar-refractivity contribution in [2.24, 2.45) is 5.92 Å². The third-order valence-corrected chi connectivity index (χ3v) is 2.94. The van der Waals surface area contributed by atoms with E-state index in [4.69, 9.17) is 8.94 Å². The summed E-state index contributed by atoms with van der Waals surface area (Å²) in [5.41, 5.74) is 0.627. The van der Waals surface area contributed by atoms with Gasteiger partial charge in [0.15, 0.2) is 5.89 Å². The summed E-state index contributed by atoms with van der Waals surface area (Å²) < 4.78 is 10.3. The largest absolute Gasteiger partial charge is 0.449 e. The van der Waals surface area contributed by atoms with Crippen molar-refractivity contribution < 1.29 is 8.94 Å². The number of hydrogen-bond donors (Lipinski definition) is 1. The van der Waals surface area contributed by atoms with Crippen LogP contribution in [0.15, 0.2) is 15.2 Å². The van der Waals surface area contributed by atoms with Crippen molar-refractivity contribution in [1.82, 2.24) is 20.4 Å². The van der Waals surface area contributed by atoms with Gasteiger partial charge in [0.1, 0.15) is 12.0 Å². The molecule has 3 rings (SSSR count). The summed E-state index contributed by atoms with van der Waals surface area (Å²) in [6.45, 7) is 3.89. The molecule has 6 nitrogen and oxygen atoms in total. The Bertz CT molecular complexity index is 499. The molecule has 3 heterocycles. The lowest BCUT2D eigenvalue weighted by Gasteiger charge is -2.01. The van der Waals surface area contributed by atoms with Crippen LogP contribution in [0.25, 0.3) is 11.5 Å². The number of oxazole rings is 1. The first-order valence-electron chi connectivity index (χ1n) is 5.77. The Morgan fingerprint density at radius 3 is 3.12 bits per heavy atom. The third-order valence-electron chi connectivity index (χ3n) is 2.94. The lowest BCUT2D eigenvalue weighted by Crippen LogP contribution is -2.10. The first-order valence-corrected chi connectivity index (χ1v) is 5.77. The van der Waals surface area contributed by atoms with Gasteiger partial charge in [-0.3, -0.25) is 0 Å². The molecule has 1 N–H and O–H groups in total. The van der Waals surface area contributed by atoms with E-state index in [0.29, 0.717) is 29.2 Å². The van der Waals surface area contributed by atoms with Gasteiger partial charge in [0.05, 0.1) is 0 Å². The fourth-order valence-corrected chi connectivity index (χ4v) is 2.04. The lowest BCUT2D eigenvalue weighted by atomic mass is 10.1. The molecule has 0 aliphatic carbocycles. The van der Waals surface area contributed by atoms with Crippen molar-refractivity contribution in [3.05, 3.63) is 18.0 Å². The van der Waals surface area contributed by atoms with Gasteiger partial charge in [-0.1, -0.05) is 5.16 Å². The number of hydrogen-bond acceptors (Lipinski definition) is 6. The molecule has 1 atom stereocenters. The average molecular weight is 234 g/mol. The minimum atomic E-state index is 0.503. The molecular formula is C11H14N4O2. The van der Waals surface area contributed by atoms with Crippen LogP contribution in [-0.2, 0) is 6.42 Å². The van der Waals surface area contributed by atoms with Gasteiger partial charge >= 0.3 is 0 Å². The smallest absolute Gasteiger partial charge is 0.227 e. The van der Waals surface area contributed by atoms with E-state index in [0.717, 1.165) is 19.5 Å². The van der Waals surface area contributed by atoms with E-state index >= 15 is 0 Å². The maximum atomic E-state index is 5.22. The number of aromatic nitrogens is 3. The highest BCUT2D eigenvalue weighted by atomic mass is 16.5. The van der Waals surface area contributed by atoms with Gasteiger partial charge in [0.25, 0.3) is 0 Å². The van der Waals surface area contributed by atoms with Crippen LogP contribution < -0.4 is 5.32 Å². The fourth-order valence-electron chi connectivity index (χ4n) is 2.04. The molecule has 2 aromatic rings. The monoisotopic (exact) mass is 234 g/mol. The van der Waals surface area contributed by atoms with Crippen LogP contribution in [-0.4, -0.2) is 28.2 Å². The minimum Gasteiger partial charge on any atom is -0.449 e. The van der Waals surface area contributed by atoms with Crippen LogP contribution in [0.3, 0.4) is 0 Å². The summed E-state index contributed by atoms with van der Waals surface area (Å²) >= 11 is 0. The second kappa shape index (κ2) is 4.29. The van der Waals surface area contributed by atoms with E-state index in [9.17, 15) is 0 Å². The van der Waals surface area contributed by atoms with Crippen LogP contribution in [0.5, 0.6) is 0 Å². The first-order chi connectivity index (χ1) is 8.31. The van der Waals surface area contributed by atoms with E-state index in [2.05, 4.69) is 20.4 Å². The third kappa shape index (κ3) is 2.21. The molecule has 90 valence electrons. The first kappa shape index (κ1) is 10.5. The van der Waals surface area contributed by atoms with E-state index in [1.807, 2.05) is 0 Å². The van der Waals surface area contributed by atoms with E-state index in [1.165, 1.54) is 6.42 Å². The van der Waals surface area contributed by atoms with Gasteiger partial charge in [0, 0.05) is 13.3 Å². The van der Waals surface area contributed by atoms with Crippen molar-refractivity contribution in [3.8, 4) is 11.5 Å². The number of nitrogens with zero attached hydrogens (tertiary/aromatic N) is 3. The Kier molecular flexibility index (Phi) is 2.64. The summed E-state index contributed by atoms with van der Waals surface area (Å²) in [7, 11) is 0. The summed E-state index contributed by atoms with van der Waals surface area (Å²) in [6.07, 6.45) is 3.54. The highest BCUT2D eigenvalue weighted by molar-refractivity contribution is 5.45. The molecule has 0 bridgehead atoms. The predicted molar refractivity (Wildman–Crippen MR) is 59.2 cm³/mol. The van der Waals surface area contributed by atoms with Gasteiger partial charge in [-0.2, -0.15) is 4.98 Å². The summed E-state index contributed by atoms with van der Waals surface area (Å²) in [4.78, 5) is 8.49. The maximum Gasteiger partial charge on any atom is 0.227 e. The quantitative estimate of drug-likeness (QED) is 0.859. The van der Waals surface area contributed by atoms with Crippen LogP contribution in [0.2, 0.25) is 0 Å². The molecule has 0 spiro atoms. The number of rotatable bonds is 3. The second-order valence-corrected chi connectivity index (χ2v) is 4.33. The predicted octanol–water partition coefficient (Wildman–Crippen LogP) is 1.19. The molecule has 0 aromatic carbocycles. The van der Waals surface area contributed by atoms with Crippen molar-refractivity contribution in [2.45, 2.75) is 19.8 Å². The minimum absolute atomic E-state index is 0.503. The van der Waals surface area contributed by atoms with Gasteiger partial charge in [0.2, 0.25) is 11.7 Å². The fraction of sp³-hybridized carbons (Fsp3) is 0.545. The highest BCUT2D eigenvalue weighted by Crippen LogP contribution is 2.18. The Morgan fingerprint density at radius 1 is 1.47 bits per heavy atom. The molecule has 17 heavy (non-hydrogen) atoms. The standard InChI is InChI=1S/C11H14N4O2/c1-7-13-9(6-16-7)11-14-10(17-15-11)4-8-2-3-12-5-8/h6,8,12H,2-5H2,1H3. The molecule has 0 saturated carbocycles. The van der Waals surface area contributed by atoms with Crippen LogP contribution in [0.4, 0.5) is 0 Å². The van der Waals surface area contributed by atoms with Crippen molar-refractivity contribution in [2.75, 3.05) is 13.1 Å². The van der Waals surface area contributed by atoms with Crippen molar-refractivity contribution in [1.29, 1.82) is 0 Å². The van der Waals surface area contributed by atoms with Gasteiger partial charge in [-0.25, -0.2) is 4.98 Å². The average Bonchev–Trinajstić information content (AvgIpc) is 2.99. The second-order valence-electron chi connectivity index (χ2n) is 4.33. The van der Waals surface area contributed by atoms with E-state index < -0.39 is 0 Å². The zero-order valence-corrected chi connectivity index (χ0v) is 9.64. The highest BCUT2D eigenvalue weighted by Gasteiger charge is 2.19. The molecule has 0 amide bonds. The molecule has 6 heteroatoms. The van der Waals surface area contributed by atoms with Gasteiger partial charge < -0.3 is 14.3 Å². The topological polar surface area (TPSA) is 77.0 Å². The Labute approximate surface area is 98.4 Å². The van der Waals surface area contributed by atoms with Crippen LogP contribution in [0, 0.1) is 12.8 Å². The summed E-state index contributed by atoms with van der Waals surface area (Å²) in [6, 6.07) is 0. The Morgan fingerprint density at radius 2 is 2.41 bits per heavy atom. The molecule has 0 radical (unpaired) electrons. The molecular weight excluding hydrogens is 220 g/mol. The molecule has 1 aliphatic rings. The summed E-state index contributed by atoms with van der Waals surface area (Å²) in [5, 5.41) is 7.23. The van der Waals surface area contributed by atoms with Crippen LogP contribution in [0.1, 0.15) is 18.2 Å². The van der Waals surface area contributed by atoms with Crippen molar-refractivity contribution in [3.63, 3.8) is 0 Å². The molecule has 1 aliphatic heterocycles. The molecule has 1 fully saturated rings. The molecule has 1 saturated heterocycles. The zero-order valence-electron chi connectivity index (χ0n) is 9.64. The van der Waals surface area contributed by atoms with Crippen LogP contribution >= 0.6 is 0 Å². The molecule has 2 aromatic heterocycles. The van der Waals surface area contributed by atoms with E-state index in [1.54, 1.807) is 13.2 Å². The number of aryl methyl sites for hydroxylation is 1. The van der Waals surface area contributed by atoms with E-state index in [-0.39, 0.29) is 0 Å². The normalized spacial score (nSPS) is 19.9. The SMILES string of the molecule is Cc1nc(-c2noc(CC3CCNC3)n2)co1. The van der Waals surface area contributed by atoms with Gasteiger partial charge in [-0.05, 0) is 25.4 Å². The summed E-state index contributed by atoms with van der Waals surface area (Å²) in [5.74, 6) is 2.38. The maximum absolute atomic E-state index is 5.22.